The molecule has 0 aromatic carbocycles. The molecule has 2 aliphatic carbocycles. The number of nitriles is 1. The van der Waals surface area contributed by atoms with Gasteiger partial charge in [-0.2, -0.15) is 5.26 Å². The van der Waals surface area contributed by atoms with Gasteiger partial charge in [-0.1, -0.05) is 6.08 Å². The zero-order valence-corrected chi connectivity index (χ0v) is 12.8. The molecule has 4 nitrogen and oxygen atoms in total. The van der Waals surface area contributed by atoms with E-state index in [1.165, 1.54) is 0 Å². The van der Waals surface area contributed by atoms with E-state index in [0.717, 1.165) is 50.5 Å². The number of methoxy groups -OCH3 is 1. The van der Waals surface area contributed by atoms with Gasteiger partial charge in [-0.05, 0) is 56.8 Å². The number of hydrogen-bond acceptors (Lipinski definition) is 4. The molecule has 0 N–H and O–H groups in total. The fraction of sp³-hybridized carbons (Fsp3) is 0.824. The topological polar surface area (TPSA) is 51.5 Å². The summed E-state index contributed by atoms with van der Waals surface area (Å²) in [6, 6.07) is 2.46. The quantitative estimate of drug-likeness (QED) is 0.749. The molecule has 1 saturated heterocycles. The van der Waals surface area contributed by atoms with Crippen molar-refractivity contribution in [3.8, 4) is 6.07 Å². The lowest BCUT2D eigenvalue weighted by Gasteiger charge is -2.30. The molecule has 21 heavy (non-hydrogen) atoms. The van der Waals surface area contributed by atoms with Crippen LogP contribution >= 0.6 is 0 Å². The van der Waals surface area contributed by atoms with Crippen molar-refractivity contribution in [1.29, 1.82) is 5.26 Å². The van der Waals surface area contributed by atoms with Gasteiger partial charge < -0.3 is 14.2 Å². The second-order valence-electron chi connectivity index (χ2n) is 6.54. The zero-order chi connectivity index (χ0) is 14.7. The van der Waals surface area contributed by atoms with E-state index in [1.54, 1.807) is 7.11 Å². The average molecular weight is 291 g/mol. The van der Waals surface area contributed by atoms with Crippen molar-refractivity contribution in [2.45, 2.75) is 63.3 Å². The van der Waals surface area contributed by atoms with Gasteiger partial charge in [0.25, 0.3) is 0 Å². The molecule has 0 amide bonds. The number of ether oxygens (including phenoxy) is 3. The average Bonchev–Trinajstić information content (AvgIpc) is 3.00. The van der Waals surface area contributed by atoms with Crippen LogP contribution in [0.15, 0.2) is 11.6 Å². The van der Waals surface area contributed by atoms with Gasteiger partial charge in [-0.25, -0.2) is 0 Å². The Hall–Kier alpha value is -0.890. The van der Waals surface area contributed by atoms with Crippen molar-refractivity contribution in [3.05, 3.63) is 11.6 Å². The summed E-state index contributed by atoms with van der Waals surface area (Å²) in [4.78, 5) is 0. The van der Waals surface area contributed by atoms with E-state index in [-0.39, 0.29) is 12.2 Å². The molecule has 3 atom stereocenters. The Morgan fingerprint density at radius 2 is 1.86 bits per heavy atom. The van der Waals surface area contributed by atoms with Gasteiger partial charge >= 0.3 is 0 Å². The first kappa shape index (κ1) is 15.0. The number of nitrogens with zero attached hydrogens (tertiary/aromatic N) is 1. The summed E-state index contributed by atoms with van der Waals surface area (Å²) < 4.78 is 16.6. The van der Waals surface area contributed by atoms with Crippen molar-refractivity contribution in [2.75, 3.05) is 13.9 Å². The van der Waals surface area contributed by atoms with Gasteiger partial charge in [0.2, 0.25) is 0 Å². The summed E-state index contributed by atoms with van der Waals surface area (Å²) >= 11 is 0. The summed E-state index contributed by atoms with van der Waals surface area (Å²) in [5, 5.41) is 9.51. The maximum Gasteiger partial charge on any atom is 0.147 e. The van der Waals surface area contributed by atoms with Crippen molar-refractivity contribution in [3.63, 3.8) is 0 Å². The first-order valence-electron chi connectivity index (χ1n) is 8.18. The highest BCUT2D eigenvalue weighted by atomic mass is 16.7. The minimum Gasteiger partial charge on any atom is -0.381 e. The molecule has 0 bridgehead atoms. The molecule has 0 radical (unpaired) electrons. The smallest absolute Gasteiger partial charge is 0.147 e. The Labute approximate surface area is 127 Å². The molecular weight excluding hydrogens is 266 g/mol. The van der Waals surface area contributed by atoms with E-state index in [1.807, 2.05) is 0 Å². The van der Waals surface area contributed by atoms with E-state index >= 15 is 0 Å². The lowest BCUT2D eigenvalue weighted by atomic mass is 9.79. The number of rotatable bonds is 3. The summed E-state index contributed by atoms with van der Waals surface area (Å²) in [5.41, 5.74) is 0.993. The van der Waals surface area contributed by atoms with Crippen LogP contribution in [0.25, 0.3) is 0 Å². The molecule has 4 heteroatoms. The molecule has 0 aromatic heterocycles. The first-order chi connectivity index (χ1) is 10.3. The fourth-order valence-corrected chi connectivity index (χ4v) is 3.99. The molecule has 3 fully saturated rings. The molecule has 116 valence electrons. The summed E-state index contributed by atoms with van der Waals surface area (Å²) in [6.07, 6.45) is 10.6. The van der Waals surface area contributed by atoms with Crippen molar-refractivity contribution >= 4 is 0 Å². The molecule has 3 aliphatic rings. The van der Waals surface area contributed by atoms with Crippen LogP contribution in [0.3, 0.4) is 0 Å². The summed E-state index contributed by atoms with van der Waals surface area (Å²) in [6.45, 7) is 0.442. The third kappa shape index (κ3) is 3.48. The van der Waals surface area contributed by atoms with Gasteiger partial charge in [0.15, 0.2) is 0 Å². The Morgan fingerprint density at radius 3 is 2.57 bits per heavy atom. The third-order valence-electron chi connectivity index (χ3n) is 5.33. The molecule has 0 aromatic rings. The molecule has 0 spiro atoms. The van der Waals surface area contributed by atoms with Crippen molar-refractivity contribution < 1.29 is 14.2 Å². The molecule has 3 rings (SSSR count). The lowest BCUT2D eigenvalue weighted by Crippen LogP contribution is -2.30. The van der Waals surface area contributed by atoms with Gasteiger partial charge in [-0.15, -0.1) is 0 Å². The normalized spacial score (nSPS) is 40.6. The van der Waals surface area contributed by atoms with Crippen LogP contribution in [-0.4, -0.2) is 32.2 Å². The van der Waals surface area contributed by atoms with E-state index in [2.05, 4.69) is 12.1 Å². The van der Waals surface area contributed by atoms with Crippen LogP contribution in [0, 0.1) is 23.2 Å². The maximum absolute atomic E-state index is 9.51. The van der Waals surface area contributed by atoms with Crippen LogP contribution in [0.4, 0.5) is 0 Å². The SMILES string of the molecule is COC1CCC(/C(C#N)=C/[C@H]2CC[C@H]3OCO[C@@H]3C2)CC1. The Kier molecular flexibility index (Phi) is 4.95. The molecule has 1 heterocycles. The number of allylic oxidation sites excluding steroid dienone is 2. The Bertz CT molecular complexity index is 420. The van der Waals surface area contributed by atoms with E-state index in [9.17, 15) is 5.26 Å². The highest BCUT2D eigenvalue weighted by Gasteiger charge is 2.35. The second kappa shape index (κ2) is 6.91. The number of fused-ring (bicyclic) bond motifs is 1. The predicted molar refractivity (Wildman–Crippen MR) is 78.4 cm³/mol. The van der Waals surface area contributed by atoms with Crippen molar-refractivity contribution in [1.82, 2.24) is 0 Å². The fourth-order valence-electron chi connectivity index (χ4n) is 3.99. The summed E-state index contributed by atoms with van der Waals surface area (Å²) in [7, 11) is 1.79. The molecule has 2 saturated carbocycles. The largest absolute Gasteiger partial charge is 0.381 e. The predicted octanol–water partition coefficient (Wildman–Crippen LogP) is 3.18. The lowest BCUT2D eigenvalue weighted by molar-refractivity contribution is 0.0392. The van der Waals surface area contributed by atoms with Crippen LogP contribution in [0.5, 0.6) is 0 Å². The van der Waals surface area contributed by atoms with Gasteiger partial charge in [0.1, 0.15) is 6.79 Å². The zero-order valence-electron chi connectivity index (χ0n) is 12.8. The standard InChI is InChI=1S/C17H25NO3/c1-19-15-5-3-13(4-6-15)14(10-18)8-12-2-7-16-17(9-12)21-11-20-16/h8,12-13,15-17H,2-7,9,11H2,1H3/b14-8+/t12-,13?,15?,16-,17-/m1/s1. The van der Waals surface area contributed by atoms with Crippen LogP contribution in [-0.2, 0) is 14.2 Å². The third-order valence-corrected chi connectivity index (χ3v) is 5.33. The van der Waals surface area contributed by atoms with Gasteiger partial charge in [-0.3, -0.25) is 0 Å². The van der Waals surface area contributed by atoms with E-state index in [0.29, 0.717) is 24.7 Å². The Balaban J connectivity index is 1.59. The minimum atomic E-state index is 0.240. The Morgan fingerprint density at radius 1 is 1.10 bits per heavy atom. The van der Waals surface area contributed by atoms with E-state index < -0.39 is 0 Å². The van der Waals surface area contributed by atoms with Crippen LogP contribution in [0.2, 0.25) is 0 Å². The van der Waals surface area contributed by atoms with Crippen LogP contribution in [0.1, 0.15) is 44.9 Å². The highest BCUT2D eigenvalue weighted by molar-refractivity contribution is 5.25. The van der Waals surface area contributed by atoms with Gasteiger partial charge in [0, 0.05) is 12.7 Å². The maximum atomic E-state index is 9.51. The summed E-state index contributed by atoms with van der Waals surface area (Å²) in [5.74, 6) is 0.905. The minimum absolute atomic E-state index is 0.240. The van der Waals surface area contributed by atoms with Crippen LogP contribution < -0.4 is 0 Å². The monoisotopic (exact) mass is 291 g/mol. The first-order valence-corrected chi connectivity index (χ1v) is 8.18. The van der Waals surface area contributed by atoms with Gasteiger partial charge in [0.05, 0.1) is 24.4 Å². The second-order valence-corrected chi connectivity index (χ2v) is 6.54. The molecule has 0 unspecified atom stereocenters. The van der Waals surface area contributed by atoms with Crippen molar-refractivity contribution in [2.24, 2.45) is 11.8 Å². The molecule has 1 aliphatic heterocycles. The molecular formula is C17H25NO3. The van der Waals surface area contributed by atoms with E-state index in [4.69, 9.17) is 14.2 Å². The highest BCUT2D eigenvalue weighted by Crippen LogP contribution is 2.36. The number of hydrogen-bond donors (Lipinski definition) is 0.